The first-order valence-electron chi connectivity index (χ1n) is 10.9. The lowest BCUT2D eigenvalue weighted by atomic mass is 10.0. The first-order valence-corrected chi connectivity index (χ1v) is 10.9. The fourth-order valence-electron chi connectivity index (χ4n) is 4.10. The van der Waals surface area contributed by atoms with Gasteiger partial charge in [0.15, 0.2) is 5.69 Å². The van der Waals surface area contributed by atoms with E-state index in [1.54, 1.807) is 42.5 Å². The van der Waals surface area contributed by atoms with Crippen molar-refractivity contribution in [1.82, 2.24) is 29.9 Å². The number of halogens is 1. The minimum atomic E-state index is -0.414. The van der Waals surface area contributed by atoms with E-state index in [0.29, 0.717) is 33.8 Å². The van der Waals surface area contributed by atoms with Gasteiger partial charge in [0.1, 0.15) is 11.6 Å². The predicted molar refractivity (Wildman–Crippen MR) is 125 cm³/mol. The number of H-pyrrole nitrogens is 1. The Morgan fingerprint density at radius 3 is 2.70 bits per heavy atom. The first kappa shape index (κ1) is 21.1. The lowest BCUT2D eigenvalue weighted by Gasteiger charge is -2.29. The molecule has 0 spiro atoms. The molecule has 4 heterocycles. The summed E-state index contributed by atoms with van der Waals surface area (Å²) in [5.74, 6) is -0.0322. The van der Waals surface area contributed by atoms with Crippen molar-refractivity contribution in [1.29, 1.82) is 0 Å². The maximum Gasteiger partial charge on any atom is 0.276 e. The molecule has 4 aromatic rings. The van der Waals surface area contributed by atoms with Crippen LogP contribution in [0.5, 0.6) is 0 Å². The molecule has 5 rings (SSSR count). The molecule has 1 aliphatic heterocycles. The van der Waals surface area contributed by atoms with Crippen LogP contribution >= 0.6 is 0 Å². The fraction of sp³-hybridized carbons (Fsp3) is 0.304. The molecule has 1 amide bonds. The highest BCUT2D eigenvalue weighted by atomic mass is 19.1. The maximum absolute atomic E-state index is 14.6. The standard InChI is InChI=1S/C23H25FN8O/c1-31-7-5-15(6-8-31)27-21-4-3-16(12-25-21)28-23(33)22-18-9-17(14-11-26-32(2)13-14)19(24)10-20(18)29-30-22/h3-4,9-13,15H,5-8H2,1-2H3,(H,25,27)(H,28,33)(H,29,30). The van der Waals surface area contributed by atoms with E-state index >= 15 is 0 Å². The van der Waals surface area contributed by atoms with Crippen LogP contribution in [0.15, 0.2) is 42.9 Å². The maximum atomic E-state index is 14.6. The lowest BCUT2D eigenvalue weighted by Crippen LogP contribution is -2.36. The molecule has 10 heteroatoms. The molecule has 0 bridgehead atoms. The molecular weight excluding hydrogens is 423 g/mol. The van der Waals surface area contributed by atoms with Gasteiger partial charge in [0, 0.05) is 41.9 Å². The van der Waals surface area contributed by atoms with E-state index in [-0.39, 0.29) is 5.69 Å². The Balaban J connectivity index is 1.32. The average molecular weight is 449 g/mol. The Morgan fingerprint density at radius 2 is 2.00 bits per heavy atom. The summed E-state index contributed by atoms with van der Waals surface area (Å²) >= 11 is 0. The first-order chi connectivity index (χ1) is 16.0. The second kappa shape index (κ2) is 8.62. The molecule has 0 saturated carbocycles. The molecule has 9 nitrogen and oxygen atoms in total. The van der Waals surface area contributed by atoms with Gasteiger partial charge in [-0.1, -0.05) is 0 Å². The number of pyridine rings is 1. The Bertz CT molecular complexity index is 1290. The Labute approximate surface area is 190 Å². The van der Waals surface area contributed by atoms with Crippen molar-refractivity contribution in [2.75, 3.05) is 30.8 Å². The van der Waals surface area contributed by atoms with Crippen LogP contribution in [0, 0.1) is 5.82 Å². The van der Waals surface area contributed by atoms with Gasteiger partial charge in [0.25, 0.3) is 5.91 Å². The van der Waals surface area contributed by atoms with Crippen LogP contribution in [0.3, 0.4) is 0 Å². The highest BCUT2D eigenvalue weighted by Crippen LogP contribution is 2.28. The normalized spacial score (nSPS) is 15.1. The minimum Gasteiger partial charge on any atom is -0.367 e. The summed E-state index contributed by atoms with van der Waals surface area (Å²) in [5, 5.41) is 17.7. The molecular formula is C23H25FN8O. The van der Waals surface area contributed by atoms with Gasteiger partial charge in [-0.05, 0) is 51.2 Å². The van der Waals surface area contributed by atoms with E-state index in [1.807, 2.05) is 6.07 Å². The second-order valence-electron chi connectivity index (χ2n) is 8.46. The predicted octanol–water partition coefficient (Wildman–Crippen LogP) is 3.26. The van der Waals surface area contributed by atoms with Crippen molar-refractivity contribution in [3.8, 4) is 11.1 Å². The van der Waals surface area contributed by atoms with Gasteiger partial charge in [-0.15, -0.1) is 0 Å². The molecule has 0 aliphatic carbocycles. The number of benzene rings is 1. The SMILES string of the molecule is CN1CCC(Nc2ccc(NC(=O)c3n[nH]c4cc(F)c(-c5cnn(C)c5)cc34)cn2)CC1. The largest absolute Gasteiger partial charge is 0.367 e. The highest BCUT2D eigenvalue weighted by molar-refractivity contribution is 6.11. The topological polar surface area (TPSA) is 104 Å². The van der Waals surface area contributed by atoms with Crippen LogP contribution in [0.2, 0.25) is 0 Å². The van der Waals surface area contributed by atoms with Crippen molar-refractivity contribution in [2.24, 2.45) is 7.05 Å². The van der Waals surface area contributed by atoms with Gasteiger partial charge in [0.2, 0.25) is 0 Å². The van der Waals surface area contributed by atoms with E-state index in [9.17, 15) is 9.18 Å². The van der Waals surface area contributed by atoms with Gasteiger partial charge >= 0.3 is 0 Å². The average Bonchev–Trinajstić information content (AvgIpc) is 3.42. The fourth-order valence-corrected chi connectivity index (χ4v) is 4.10. The van der Waals surface area contributed by atoms with E-state index < -0.39 is 11.7 Å². The number of anilines is 2. The van der Waals surface area contributed by atoms with E-state index in [0.717, 1.165) is 31.7 Å². The van der Waals surface area contributed by atoms with E-state index in [1.165, 1.54) is 6.07 Å². The third-order valence-corrected chi connectivity index (χ3v) is 5.97. The number of aryl methyl sites for hydroxylation is 1. The molecule has 33 heavy (non-hydrogen) atoms. The molecule has 0 unspecified atom stereocenters. The quantitative estimate of drug-likeness (QED) is 0.433. The van der Waals surface area contributed by atoms with Crippen LogP contribution in [0.1, 0.15) is 23.3 Å². The van der Waals surface area contributed by atoms with E-state index in [2.05, 4.69) is 42.9 Å². The number of rotatable bonds is 5. The summed E-state index contributed by atoms with van der Waals surface area (Å²) in [6.07, 6.45) is 7.06. The number of aromatic amines is 1. The van der Waals surface area contributed by atoms with Crippen LogP contribution in [-0.4, -0.2) is 61.9 Å². The van der Waals surface area contributed by atoms with Crippen molar-refractivity contribution >= 4 is 28.3 Å². The summed E-state index contributed by atoms with van der Waals surface area (Å²) in [4.78, 5) is 19.7. The molecule has 0 radical (unpaired) electrons. The van der Waals surface area contributed by atoms with Crippen molar-refractivity contribution in [3.63, 3.8) is 0 Å². The van der Waals surface area contributed by atoms with Gasteiger partial charge in [0.05, 0.1) is 23.6 Å². The van der Waals surface area contributed by atoms with Crippen molar-refractivity contribution < 1.29 is 9.18 Å². The number of fused-ring (bicyclic) bond motifs is 1. The summed E-state index contributed by atoms with van der Waals surface area (Å²) < 4.78 is 16.2. The summed E-state index contributed by atoms with van der Waals surface area (Å²) in [5.41, 5.74) is 2.17. The number of amides is 1. The highest BCUT2D eigenvalue weighted by Gasteiger charge is 2.19. The molecule has 1 aliphatic rings. The number of aromatic nitrogens is 5. The molecule has 170 valence electrons. The third-order valence-electron chi connectivity index (χ3n) is 5.97. The Kier molecular flexibility index (Phi) is 5.51. The smallest absolute Gasteiger partial charge is 0.276 e. The minimum absolute atomic E-state index is 0.184. The van der Waals surface area contributed by atoms with Crippen molar-refractivity contribution in [3.05, 3.63) is 54.4 Å². The Hall–Kier alpha value is -3.79. The van der Waals surface area contributed by atoms with Crippen LogP contribution in [-0.2, 0) is 7.05 Å². The number of carbonyl (C=O) groups excluding carboxylic acids is 1. The van der Waals surface area contributed by atoms with Gasteiger partial charge < -0.3 is 15.5 Å². The molecule has 0 atom stereocenters. The zero-order chi connectivity index (χ0) is 22.9. The van der Waals surface area contributed by atoms with E-state index in [4.69, 9.17) is 0 Å². The molecule has 1 fully saturated rings. The number of hydrogen-bond donors (Lipinski definition) is 3. The van der Waals surface area contributed by atoms with Gasteiger partial charge in [-0.25, -0.2) is 9.37 Å². The molecule has 3 aromatic heterocycles. The van der Waals surface area contributed by atoms with Crippen molar-refractivity contribution in [2.45, 2.75) is 18.9 Å². The summed E-state index contributed by atoms with van der Waals surface area (Å²) in [6.45, 7) is 2.13. The summed E-state index contributed by atoms with van der Waals surface area (Å²) in [6, 6.07) is 7.02. The summed E-state index contributed by atoms with van der Waals surface area (Å²) in [7, 11) is 3.89. The zero-order valence-electron chi connectivity index (χ0n) is 18.5. The van der Waals surface area contributed by atoms with Crippen LogP contribution < -0.4 is 10.6 Å². The number of nitrogens with one attached hydrogen (secondary N) is 3. The molecule has 3 N–H and O–H groups in total. The number of hydrogen-bond acceptors (Lipinski definition) is 6. The monoisotopic (exact) mass is 448 g/mol. The number of piperidine rings is 1. The molecule has 1 saturated heterocycles. The molecule has 1 aromatic carbocycles. The second-order valence-corrected chi connectivity index (χ2v) is 8.46. The van der Waals surface area contributed by atoms with Gasteiger partial charge in [-0.3, -0.25) is 14.6 Å². The number of carbonyl (C=O) groups is 1. The van der Waals surface area contributed by atoms with Crippen LogP contribution in [0.25, 0.3) is 22.0 Å². The number of nitrogens with zero attached hydrogens (tertiary/aromatic N) is 5. The zero-order valence-corrected chi connectivity index (χ0v) is 18.5. The lowest BCUT2D eigenvalue weighted by molar-refractivity contribution is 0.102. The number of likely N-dealkylation sites (tertiary alicyclic amines) is 1. The third kappa shape index (κ3) is 4.42. The van der Waals surface area contributed by atoms with Gasteiger partial charge in [-0.2, -0.15) is 10.2 Å². The Morgan fingerprint density at radius 1 is 1.18 bits per heavy atom. The van der Waals surface area contributed by atoms with Crippen LogP contribution in [0.4, 0.5) is 15.9 Å².